The summed E-state index contributed by atoms with van der Waals surface area (Å²) in [5, 5.41) is 5.85. The molecule has 90 valence electrons. The molecular weight excluding hydrogens is 282 g/mol. The highest BCUT2D eigenvalue weighted by atomic mass is 79.9. The van der Waals surface area contributed by atoms with Gasteiger partial charge in [0.25, 0.3) is 0 Å². The summed E-state index contributed by atoms with van der Waals surface area (Å²) in [6, 6.07) is 2.85. The molecule has 0 aromatic carbocycles. The molecule has 1 N–H and O–H groups in total. The van der Waals surface area contributed by atoms with Gasteiger partial charge in [-0.15, -0.1) is 11.3 Å². The summed E-state index contributed by atoms with van der Waals surface area (Å²) in [7, 11) is 0. The zero-order valence-electron chi connectivity index (χ0n) is 9.84. The fourth-order valence-corrected chi connectivity index (χ4v) is 4.27. The Morgan fingerprint density at radius 2 is 2.25 bits per heavy atom. The Kier molecular flexibility index (Phi) is 4.86. The monoisotopic (exact) mass is 301 g/mol. The van der Waals surface area contributed by atoms with E-state index in [1.165, 1.54) is 41.5 Å². The van der Waals surface area contributed by atoms with Crippen molar-refractivity contribution in [2.45, 2.75) is 45.1 Å². The molecule has 0 saturated heterocycles. The van der Waals surface area contributed by atoms with Crippen molar-refractivity contribution in [2.24, 2.45) is 5.92 Å². The molecule has 2 rings (SSSR count). The van der Waals surface area contributed by atoms with E-state index < -0.39 is 0 Å². The summed E-state index contributed by atoms with van der Waals surface area (Å²) >= 11 is 5.51. The molecule has 1 atom stereocenters. The van der Waals surface area contributed by atoms with E-state index >= 15 is 0 Å². The number of hydrogen-bond donors (Lipinski definition) is 1. The molecule has 3 heteroatoms. The van der Waals surface area contributed by atoms with E-state index in [0.717, 1.165) is 12.5 Å². The second kappa shape index (κ2) is 6.18. The third-order valence-electron chi connectivity index (χ3n) is 3.53. The van der Waals surface area contributed by atoms with E-state index in [-0.39, 0.29) is 0 Å². The molecule has 0 bridgehead atoms. The van der Waals surface area contributed by atoms with Gasteiger partial charge in [-0.2, -0.15) is 0 Å². The van der Waals surface area contributed by atoms with Crippen LogP contribution in [0.5, 0.6) is 0 Å². The summed E-state index contributed by atoms with van der Waals surface area (Å²) in [6.45, 7) is 3.30. The van der Waals surface area contributed by atoms with Crippen molar-refractivity contribution in [2.75, 3.05) is 6.54 Å². The second-order valence-electron chi connectivity index (χ2n) is 4.60. The molecular formula is C13H20BrNS. The van der Waals surface area contributed by atoms with Gasteiger partial charge in [0.15, 0.2) is 0 Å². The molecule has 1 unspecified atom stereocenters. The molecule has 1 aliphatic rings. The fraction of sp³-hybridized carbons (Fsp3) is 0.692. The van der Waals surface area contributed by atoms with Gasteiger partial charge in [-0.05, 0) is 59.1 Å². The fourth-order valence-electron chi connectivity index (χ4n) is 2.70. The molecule has 1 fully saturated rings. The predicted octanol–water partition coefficient (Wildman–Crippen LogP) is 4.22. The first-order valence-corrected chi connectivity index (χ1v) is 7.93. The molecule has 0 radical (unpaired) electrons. The van der Waals surface area contributed by atoms with Gasteiger partial charge in [0.05, 0.1) is 0 Å². The van der Waals surface area contributed by atoms with Gasteiger partial charge in [0.2, 0.25) is 0 Å². The molecule has 1 aromatic heterocycles. The lowest BCUT2D eigenvalue weighted by Gasteiger charge is -2.24. The lowest BCUT2D eigenvalue weighted by atomic mass is 9.95. The van der Waals surface area contributed by atoms with Gasteiger partial charge >= 0.3 is 0 Å². The first kappa shape index (κ1) is 12.6. The van der Waals surface area contributed by atoms with Crippen LogP contribution in [0.1, 0.15) is 37.5 Å². The van der Waals surface area contributed by atoms with Gasteiger partial charge in [-0.1, -0.05) is 19.8 Å². The molecule has 1 aromatic rings. The average Bonchev–Trinajstić information content (AvgIpc) is 2.90. The van der Waals surface area contributed by atoms with Crippen LogP contribution in [0.2, 0.25) is 0 Å². The molecule has 0 aliphatic heterocycles. The van der Waals surface area contributed by atoms with Crippen LogP contribution < -0.4 is 5.32 Å². The molecule has 1 nitrogen and oxygen atoms in total. The third kappa shape index (κ3) is 3.08. The summed E-state index contributed by atoms with van der Waals surface area (Å²) in [4.78, 5) is 1.50. The molecule has 1 saturated carbocycles. The van der Waals surface area contributed by atoms with Crippen LogP contribution in [0.25, 0.3) is 0 Å². The van der Waals surface area contributed by atoms with E-state index in [1.807, 2.05) is 11.3 Å². The molecule has 1 aliphatic carbocycles. The Morgan fingerprint density at radius 1 is 1.50 bits per heavy atom. The van der Waals surface area contributed by atoms with Gasteiger partial charge in [0, 0.05) is 15.4 Å². The normalized spacial score (nSPS) is 19.1. The van der Waals surface area contributed by atoms with Gasteiger partial charge in [-0.3, -0.25) is 0 Å². The average molecular weight is 302 g/mol. The van der Waals surface area contributed by atoms with Crippen LogP contribution in [-0.2, 0) is 6.42 Å². The Morgan fingerprint density at radius 3 is 2.81 bits per heavy atom. The first-order chi connectivity index (χ1) is 7.81. The van der Waals surface area contributed by atoms with Crippen molar-refractivity contribution in [1.82, 2.24) is 5.32 Å². The van der Waals surface area contributed by atoms with Crippen molar-refractivity contribution in [1.29, 1.82) is 0 Å². The van der Waals surface area contributed by atoms with Crippen LogP contribution in [0.3, 0.4) is 0 Å². The van der Waals surface area contributed by atoms with Crippen LogP contribution in [0, 0.1) is 5.92 Å². The van der Waals surface area contributed by atoms with Gasteiger partial charge in [-0.25, -0.2) is 0 Å². The molecule has 16 heavy (non-hydrogen) atoms. The maximum atomic E-state index is 3.68. The minimum atomic E-state index is 0.683. The highest BCUT2D eigenvalue weighted by molar-refractivity contribution is 9.10. The van der Waals surface area contributed by atoms with E-state index in [2.05, 4.69) is 39.6 Å². The Bertz CT molecular complexity index is 317. The molecule has 0 amide bonds. The smallest absolute Gasteiger partial charge is 0.0314 e. The number of rotatable bonds is 5. The van der Waals surface area contributed by atoms with Gasteiger partial charge < -0.3 is 5.32 Å². The topological polar surface area (TPSA) is 12.0 Å². The molecule has 0 spiro atoms. The first-order valence-electron chi connectivity index (χ1n) is 6.26. The molecule has 1 heterocycles. The zero-order chi connectivity index (χ0) is 11.4. The van der Waals surface area contributed by atoms with Gasteiger partial charge in [0.1, 0.15) is 0 Å². The van der Waals surface area contributed by atoms with Crippen LogP contribution in [-0.4, -0.2) is 12.6 Å². The highest BCUT2D eigenvalue weighted by Crippen LogP contribution is 2.32. The lowest BCUT2D eigenvalue weighted by molar-refractivity contribution is 0.363. The van der Waals surface area contributed by atoms with Crippen molar-refractivity contribution in [3.05, 3.63) is 20.8 Å². The van der Waals surface area contributed by atoms with Crippen molar-refractivity contribution >= 4 is 27.3 Å². The summed E-state index contributed by atoms with van der Waals surface area (Å²) in [6.07, 6.45) is 6.88. The minimum absolute atomic E-state index is 0.683. The quantitative estimate of drug-likeness (QED) is 0.858. The number of likely N-dealkylation sites (N-methyl/N-ethyl adjacent to an activating group) is 1. The summed E-state index contributed by atoms with van der Waals surface area (Å²) < 4.78 is 1.29. The summed E-state index contributed by atoms with van der Waals surface area (Å²) in [5.41, 5.74) is 0. The van der Waals surface area contributed by atoms with E-state index in [9.17, 15) is 0 Å². The Balaban J connectivity index is 1.99. The zero-order valence-corrected chi connectivity index (χ0v) is 12.2. The van der Waals surface area contributed by atoms with Crippen molar-refractivity contribution in [3.63, 3.8) is 0 Å². The maximum absolute atomic E-state index is 3.68. The van der Waals surface area contributed by atoms with E-state index in [4.69, 9.17) is 0 Å². The van der Waals surface area contributed by atoms with E-state index in [1.54, 1.807) is 0 Å². The Hall–Kier alpha value is 0.140. The lowest BCUT2D eigenvalue weighted by Crippen LogP contribution is -2.36. The predicted molar refractivity (Wildman–Crippen MR) is 75.1 cm³/mol. The van der Waals surface area contributed by atoms with Crippen LogP contribution >= 0.6 is 27.3 Å². The standard InChI is InChI=1S/C13H20BrNS/c1-2-15-12(10-5-3-4-6-10)9-13-11(14)7-8-16-13/h7-8,10,12,15H,2-6,9H2,1H3. The number of halogens is 1. The minimum Gasteiger partial charge on any atom is -0.314 e. The Labute approximate surface area is 111 Å². The second-order valence-corrected chi connectivity index (χ2v) is 6.46. The third-order valence-corrected chi connectivity index (χ3v) is 5.48. The number of hydrogen-bond acceptors (Lipinski definition) is 2. The van der Waals surface area contributed by atoms with Crippen molar-refractivity contribution < 1.29 is 0 Å². The highest BCUT2D eigenvalue weighted by Gasteiger charge is 2.25. The van der Waals surface area contributed by atoms with E-state index in [0.29, 0.717) is 6.04 Å². The van der Waals surface area contributed by atoms with Crippen LogP contribution in [0.15, 0.2) is 15.9 Å². The SMILES string of the molecule is CCNC(Cc1sccc1Br)C1CCCC1. The summed E-state index contributed by atoms with van der Waals surface area (Å²) in [5.74, 6) is 0.897. The largest absolute Gasteiger partial charge is 0.314 e. The maximum Gasteiger partial charge on any atom is 0.0314 e. The number of nitrogens with one attached hydrogen (secondary N) is 1. The van der Waals surface area contributed by atoms with Crippen molar-refractivity contribution in [3.8, 4) is 0 Å². The number of thiophene rings is 1. The van der Waals surface area contributed by atoms with Crippen LogP contribution in [0.4, 0.5) is 0 Å².